The zero-order valence-electron chi connectivity index (χ0n) is 9.86. The Morgan fingerprint density at radius 2 is 2.18 bits per heavy atom. The fourth-order valence-corrected chi connectivity index (χ4v) is 2.23. The molecule has 0 radical (unpaired) electrons. The summed E-state index contributed by atoms with van der Waals surface area (Å²) in [7, 11) is 0. The molecule has 1 amide bonds. The Kier molecular flexibility index (Phi) is 4.18. The van der Waals surface area contributed by atoms with E-state index in [9.17, 15) is 4.79 Å². The molecule has 1 aliphatic rings. The fraction of sp³-hybridized carbons (Fsp3) is 0.462. The van der Waals surface area contributed by atoms with E-state index in [0.717, 1.165) is 29.6 Å². The van der Waals surface area contributed by atoms with E-state index in [2.05, 4.69) is 15.9 Å². The predicted octanol–water partition coefficient (Wildman–Crippen LogP) is 2.59. The maximum Gasteiger partial charge on any atom is 0.229 e. The molecule has 1 unspecified atom stereocenters. The van der Waals surface area contributed by atoms with Gasteiger partial charge in [0.1, 0.15) is 6.23 Å². The van der Waals surface area contributed by atoms with E-state index < -0.39 is 0 Å². The average Bonchev–Trinajstić information content (AvgIpc) is 2.32. The molecule has 92 valence electrons. The molecule has 4 heteroatoms. The molecule has 0 aromatic heterocycles. The largest absolute Gasteiger partial charge is 0.359 e. The minimum atomic E-state index is -0.0910. The SMILES string of the molecule is CC1OCCCN1C(=O)Cc1ccc(Br)cc1. The Labute approximate surface area is 110 Å². The van der Waals surface area contributed by atoms with Crippen LogP contribution in [0.3, 0.4) is 0 Å². The lowest BCUT2D eigenvalue weighted by Crippen LogP contribution is -2.45. The Hall–Kier alpha value is -0.870. The smallest absolute Gasteiger partial charge is 0.229 e. The summed E-state index contributed by atoms with van der Waals surface area (Å²) in [5.74, 6) is 0.138. The molecule has 1 aromatic carbocycles. The normalized spacial score (nSPS) is 20.4. The van der Waals surface area contributed by atoms with Crippen molar-refractivity contribution in [1.29, 1.82) is 0 Å². The molecule has 17 heavy (non-hydrogen) atoms. The third-order valence-corrected chi connectivity index (χ3v) is 3.46. The zero-order chi connectivity index (χ0) is 12.3. The van der Waals surface area contributed by atoms with Gasteiger partial charge < -0.3 is 9.64 Å². The molecule has 0 N–H and O–H groups in total. The van der Waals surface area contributed by atoms with Gasteiger partial charge in [-0.1, -0.05) is 28.1 Å². The molecule has 1 heterocycles. The summed E-state index contributed by atoms with van der Waals surface area (Å²) in [6.45, 7) is 3.48. The first-order valence-electron chi connectivity index (χ1n) is 5.82. The highest BCUT2D eigenvalue weighted by Gasteiger charge is 2.23. The van der Waals surface area contributed by atoms with Crippen LogP contribution in [0.4, 0.5) is 0 Å². The van der Waals surface area contributed by atoms with Crippen LogP contribution in [-0.4, -0.2) is 30.2 Å². The van der Waals surface area contributed by atoms with E-state index >= 15 is 0 Å². The molecule has 0 bridgehead atoms. The molecule has 1 aromatic rings. The second-order valence-corrected chi connectivity index (χ2v) is 5.13. The summed E-state index contributed by atoms with van der Waals surface area (Å²) in [5, 5.41) is 0. The maximum absolute atomic E-state index is 12.1. The van der Waals surface area contributed by atoms with Crippen LogP contribution in [0.2, 0.25) is 0 Å². The second kappa shape index (κ2) is 5.65. The van der Waals surface area contributed by atoms with Crippen molar-refractivity contribution < 1.29 is 9.53 Å². The van der Waals surface area contributed by atoms with Crippen molar-refractivity contribution in [3.63, 3.8) is 0 Å². The summed E-state index contributed by atoms with van der Waals surface area (Å²) < 4.78 is 6.50. The zero-order valence-corrected chi connectivity index (χ0v) is 11.4. The number of hydrogen-bond donors (Lipinski definition) is 0. The van der Waals surface area contributed by atoms with Crippen LogP contribution in [0.1, 0.15) is 18.9 Å². The Morgan fingerprint density at radius 3 is 2.82 bits per heavy atom. The van der Waals surface area contributed by atoms with E-state index in [-0.39, 0.29) is 12.1 Å². The number of carbonyl (C=O) groups is 1. The van der Waals surface area contributed by atoms with Crippen molar-refractivity contribution >= 4 is 21.8 Å². The van der Waals surface area contributed by atoms with Gasteiger partial charge in [0.15, 0.2) is 0 Å². The van der Waals surface area contributed by atoms with Gasteiger partial charge in [-0.15, -0.1) is 0 Å². The van der Waals surface area contributed by atoms with Crippen LogP contribution in [0.5, 0.6) is 0 Å². The van der Waals surface area contributed by atoms with E-state index in [1.54, 1.807) is 0 Å². The third kappa shape index (κ3) is 3.30. The van der Waals surface area contributed by atoms with Crippen LogP contribution in [0, 0.1) is 0 Å². The van der Waals surface area contributed by atoms with Crippen molar-refractivity contribution in [3.8, 4) is 0 Å². The number of amides is 1. The topological polar surface area (TPSA) is 29.5 Å². The lowest BCUT2D eigenvalue weighted by Gasteiger charge is -2.33. The molecule has 3 nitrogen and oxygen atoms in total. The fourth-order valence-electron chi connectivity index (χ4n) is 1.97. The quantitative estimate of drug-likeness (QED) is 0.840. The molecular weight excluding hydrogens is 282 g/mol. The van der Waals surface area contributed by atoms with E-state index in [0.29, 0.717) is 6.42 Å². The summed E-state index contributed by atoms with van der Waals surface area (Å²) >= 11 is 3.38. The summed E-state index contributed by atoms with van der Waals surface area (Å²) in [5.41, 5.74) is 1.04. The molecule has 1 saturated heterocycles. The number of halogens is 1. The highest BCUT2D eigenvalue weighted by atomic mass is 79.9. The van der Waals surface area contributed by atoms with Gasteiger partial charge >= 0.3 is 0 Å². The van der Waals surface area contributed by atoms with E-state index in [1.807, 2.05) is 36.1 Å². The molecule has 0 saturated carbocycles. The minimum absolute atomic E-state index is 0.0910. The molecule has 2 rings (SSSR count). The van der Waals surface area contributed by atoms with Crippen LogP contribution < -0.4 is 0 Å². The van der Waals surface area contributed by atoms with Gasteiger partial charge in [0.2, 0.25) is 5.91 Å². The number of benzene rings is 1. The van der Waals surface area contributed by atoms with Crippen molar-refractivity contribution in [2.75, 3.05) is 13.2 Å². The van der Waals surface area contributed by atoms with Crippen LogP contribution in [0.15, 0.2) is 28.7 Å². The molecule has 0 spiro atoms. The molecule has 0 aliphatic carbocycles. The Balaban J connectivity index is 1.98. The van der Waals surface area contributed by atoms with Gasteiger partial charge in [-0.05, 0) is 31.0 Å². The highest BCUT2D eigenvalue weighted by molar-refractivity contribution is 9.10. The van der Waals surface area contributed by atoms with Crippen molar-refractivity contribution in [2.45, 2.75) is 26.0 Å². The standard InChI is InChI=1S/C13H16BrNO2/c1-10-15(7-2-8-17-10)13(16)9-11-3-5-12(14)6-4-11/h3-6,10H,2,7-9H2,1H3. The number of rotatable bonds is 2. The first kappa shape index (κ1) is 12.6. The van der Waals surface area contributed by atoms with Gasteiger partial charge in [0.25, 0.3) is 0 Å². The maximum atomic E-state index is 12.1. The lowest BCUT2D eigenvalue weighted by molar-refractivity contribution is -0.151. The predicted molar refractivity (Wildman–Crippen MR) is 69.6 cm³/mol. The Bertz CT molecular complexity index is 391. The number of ether oxygens (including phenoxy) is 1. The van der Waals surface area contributed by atoms with Crippen LogP contribution in [0.25, 0.3) is 0 Å². The summed E-state index contributed by atoms with van der Waals surface area (Å²) in [6, 6.07) is 7.85. The van der Waals surface area contributed by atoms with Gasteiger partial charge in [-0.25, -0.2) is 0 Å². The highest BCUT2D eigenvalue weighted by Crippen LogP contribution is 2.14. The van der Waals surface area contributed by atoms with Crippen LogP contribution in [-0.2, 0) is 16.0 Å². The molecule has 1 atom stereocenters. The molecule has 1 fully saturated rings. The van der Waals surface area contributed by atoms with Crippen molar-refractivity contribution in [3.05, 3.63) is 34.3 Å². The minimum Gasteiger partial charge on any atom is -0.359 e. The Morgan fingerprint density at radius 1 is 1.47 bits per heavy atom. The first-order chi connectivity index (χ1) is 8.16. The molecule has 1 aliphatic heterocycles. The second-order valence-electron chi connectivity index (χ2n) is 4.21. The first-order valence-corrected chi connectivity index (χ1v) is 6.61. The van der Waals surface area contributed by atoms with Gasteiger partial charge in [0, 0.05) is 11.0 Å². The van der Waals surface area contributed by atoms with Gasteiger partial charge in [-0.2, -0.15) is 0 Å². The van der Waals surface area contributed by atoms with E-state index in [1.165, 1.54) is 0 Å². The summed E-state index contributed by atoms with van der Waals surface area (Å²) in [6.07, 6.45) is 1.28. The number of nitrogens with zero attached hydrogens (tertiary/aromatic N) is 1. The van der Waals surface area contributed by atoms with Crippen LogP contribution >= 0.6 is 15.9 Å². The van der Waals surface area contributed by atoms with Gasteiger partial charge in [-0.3, -0.25) is 4.79 Å². The van der Waals surface area contributed by atoms with Crippen molar-refractivity contribution in [2.24, 2.45) is 0 Å². The number of hydrogen-bond acceptors (Lipinski definition) is 2. The van der Waals surface area contributed by atoms with Crippen molar-refractivity contribution in [1.82, 2.24) is 4.90 Å². The number of carbonyl (C=O) groups excluding carboxylic acids is 1. The molecular formula is C13H16BrNO2. The lowest BCUT2D eigenvalue weighted by atomic mass is 10.1. The summed E-state index contributed by atoms with van der Waals surface area (Å²) in [4.78, 5) is 13.9. The average molecular weight is 298 g/mol. The van der Waals surface area contributed by atoms with Gasteiger partial charge in [0.05, 0.1) is 13.0 Å². The third-order valence-electron chi connectivity index (χ3n) is 2.93. The monoisotopic (exact) mass is 297 g/mol. The van der Waals surface area contributed by atoms with E-state index in [4.69, 9.17) is 4.74 Å².